The molecule has 158 valence electrons. The topological polar surface area (TPSA) is 29.5 Å². The van der Waals surface area contributed by atoms with Crippen LogP contribution in [0.25, 0.3) is 17.2 Å². The molecule has 4 rings (SSSR count). The molecule has 0 saturated heterocycles. The Morgan fingerprint density at radius 1 is 0.967 bits per heavy atom. The molecule has 0 amide bonds. The number of benzene rings is 2. The molecule has 5 heteroatoms. The van der Waals surface area contributed by atoms with E-state index < -0.39 is 0 Å². The van der Waals surface area contributed by atoms with Crippen LogP contribution in [0, 0.1) is 0 Å². The summed E-state index contributed by atoms with van der Waals surface area (Å²) < 4.78 is 14.4. The van der Waals surface area contributed by atoms with Crippen molar-refractivity contribution in [2.24, 2.45) is 0 Å². The van der Waals surface area contributed by atoms with E-state index in [0.717, 1.165) is 60.2 Å². The highest BCUT2D eigenvalue weighted by atomic mass is 127. The van der Waals surface area contributed by atoms with Gasteiger partial charge in [0.25, 0.3) is 5.52 Å². The molecular formula is C25H29IN2O2. The number of fused-ring (bicyclic) bond motifs is 2. The summed E-state index contributed by atoms with van der Waals surface area (Å²) in [5.74, 6) is 2.61. The standard InChI is InChI=1S/C25H29N2O2.HI/c1-5-18-12-14-22-20(16-18)26(7-3)24(28-22)10-9-11-25-27(8-4)21-17-19(6-2)13-15-23(21)29-25;/h9-17H,5-8H2,1-4H3;1H/q+1;/p-1. The second-order valence-corrected chi connectivity index (χ2v) is 7.21. The Morgan fingerprint density at radius 3 is 2.40 bits per heavy atom. The highest BCUT2D eigenvalue weighted by Gasteiger charge is 2.25. The number of hydrogen-bond acceptors (Lipinski definition) is 3. The summed E-state index contributed by atoms with van der Waals surface area (Å²) in [5.41, 5.74) is 5.85. The number of oxazole rings is 1. The molecule has 3 aromatic rings. The van der Waals surface area contributed by atoms with Gasteiger partial charge in [-0.25, -0.2) is 0 Å². The smallest absolute Gasteiger partial charge is 0.374 e. The Balaban J connectivity index is 0.00000256. The van der Waals surface area contributed by atoms with E-state index >= 15 is 0 Å². The number of allylic oxidation sites excluding steroid dienone is 2. The SMILES string of the molecule is CCc1ccc2c(c1)N(CC)C(=CC=Cc1oc3ccc(CC)cc3[n+]1CC)O2.[I-]. The van der Waals surface area contributed by atoms with Gasteiger partial charge < -0.3 is 38.0 Å². The third-order valence-electron chi connectivity index (χ3n) is 5.52. The van der Waals surface area contributed by atoms with Crippen LogP contribution in [0.1, 0.15) is 44.7 Å². The van der Waals surface area contributed by atoms with Crippen LogP contribution in [-0.2, 0) is 19.4 Å². The van der Waals surface area contributed by atoms with Crippen LogP contribution in [0.2, 0.25) is 0 Å². The minimum absolute atomic E-state index is 0. The number of rotatable bonds is 6. The number of aromatic nitrogens is 1. The van der Waals surface area contributed by atoms with Crippen LogP contribution < -0.4 is 38.2 Å². The molecule has 0 fully saturated rings. The van der Waals surface area contributed by atoms with Gasteiger partial charge in [-0.2, -0.15) is 4.57 Å². The average Bonchev–Trinajstić information content (AvgIpc) is 3.29. The summed E-state index contributed by atoms with van der Waals surface area (Å²) in [7, 11) is 0. The Hall–Kier alpha value is -2.28. The number of halogens is 1. The second kappa shape index (κ2) is 9.69. The number of anilines is 1. The van der Waals surface area contributed by atoms with Gasteiger partial charge in [-0.15, -0.1) is 0 Å². The Kier molecular flexibility index (Phi) is 7.23. The fraction of sp³-hybridized carbons (Fsp3) is 0.320. The molecule has 0 radical (unpaired) electrons. The van der Waals surface area contributed by atoms with Crippen molar-refractivity contribution < 1.29 is 37.7 Å². The van der Waals surface area contributed by atoms with Crippen molar-refractivity contribution in [3.05, 3.63) is 71.5 Å². The molecule has 2 heterocycles. The van der Waals surface area contributed by atoms with E-state index in [-0.39, 0.29) is 24.0 Å². The minimum atomic E-state index is 0. The van der Waals surface area contributed by atoms with Crippen LogP contribution >= 0.6 is 0 Å². The maximum atomic E-state index is 6.09. The minimum Gasteiger partial charge on any atom is -1.00 e. The normalized spacial score (nSPS) is 14.4. The van der Waals surface area contributed by atoms with E-state index in [1.807, 2.05) is 18.2 Å². The quantitative estimate of drug-likeness (QED) is 0.373. The van der Waals surface area contributed by atoms with Crippen molar-refractivity contribution in [3.63, 3.8) is 0 Å². The summed E-state index contributed by atoms with van der Waals surface area (Å²) in [6.45, 7) is 10.4. The first-order valence-corrected chi connectivity index (χ1v) is 10.6. The van der Waals surface area contributed by atoms with E-state index in [1.165, 1.54) is 11.1 Å². The van der Waals surface area contributed by atoms with Crippen LogP contribution in [0.3, 0.4) is 0 Å². The molecule has 1 aliphatic rings. The van der Waals surface area contributed by atoms with Gasteiger partial charge in [0.1, 0.15) is 6.54 Å². The third-order valence-corrected chi connectivity index (χ3v) is 5.52. The van der Waals surface area contributed by atoms with Crippen molar-refractivity contribution in [3.8, 4) is 5.75 Å². The van der Waals surface area contributed by atoms with Crippen molar-refractivity contribution in [1.29, 1.82) is 0 Å². The Bertz CT molecular complexity index is 1100. The lowest BCUT2D eigenvalue weighted by molar-refractivity contribution is -0.674. The molecule has 2 aromatic carbocycles. The van der Waals surface area contributed by atoms with E-state index in [1.54, 1.807) is 0 Å². The summed E-state index contributed by atoms with van der Waals surface area (Å²) in [6.07, 6.45) is 8.08. The molecule has 0 saturated carbocycles. The van der Waals surface area contributed by atoms with Crippen molar-refractivity contribution >= 4 is 22.9 Å². The predicted molar refractivity (Wildman–Crippen MR) is 118 cm³/mol. The summed E-state index contributed by atoms with van der Waals surface area (Å²) in [6, 6.07) is 12.8. The first kappa shape index (κ1) is 22.4. The molecular weight excluding hydrogens is 487 g/mol. The van der Waals surface area contributed by atoms with Crippen molar-refractivity contribution in [2.45, 2.75) is 47.1 Å². The predicted octanol–water partition coefficient (Wildman–Crippen LogP) is 2.64. The lowest BCUT2D eigenvalue weighted by Gasteiger charge is -2.15. The Morgan fingerprint density at radius 2 is 1.70 bits per heavy atom. The van der Waals surface area contributed by atoms with Gasteiger partial charge in [-0.05, 0) is 68.2 Å². The largest absolute Gasteiger partial charge is 1.00 e. The van der Waals surface area contributed by atoms with Gasteiger partial charge in [0, 0.05) is 12.6 Å². The third kappa shape index (κ3) is 4.13. The van der Waals surface area contributed by atoms with Crippen LogP contribution in [0.5, 0.6) is 5.75 Å². The Labute approximate surface area is 195 Å². The molecule has 0 N–H and O–H groups in total. The molecule has 1 aliphatic heterocycles. The summed E-state index contributed by atoms with van der Waals surface area (Å²) in [4.78, 5) is 2.21. The van der Waals surface area contributed by atoms with E-state index in [0.29, 0.717) is 0 Å². The fourth-order valence-corrected chi connectivity index (χ4v) is 3.85. The van der Waals surface area contributed by atoms with Gasteiger partial charge >= 0.3 is 5.89 Å². The number of hydrogen-bond donors (Lipinski definition) is 0. The van der Waals surface area contributed by atoms with Crippen LogP contribution in [0.4, 0.5) is 5.69 Å². The molecule has 0 unspecified atom stereocenters. The number of aryl methyl sites for hydroxylation is 3. The van der Waals surface area contributed by atoms with Gasteiger partial charge in [-0.3, -0.25) is 0 Å². The fourth-order valence-electron chi connectivity index (χ4n) is 3.85. The maximum Gasteiger partial charge on any atom is 0.374 e. The highest BCUT2D eigenvalue weighted by molar-refractivity contribution is 5.71. The molecule has 4 nitrogen and oxygen atoms in total. The maximum absolute atomic E-state index is 6.09. The van der Waals surface area contributed by atoms with Gasteiger partial charge in [0.15, 0.2) is 5.75 Å². The first-order chi connectivity index (χ1) is 14.2. The number of nitrogens with zero attached hydrogens (tertiary/aromatic N) is 2. The molecule has 30 heavy (non-hydrogen) atoms. The van der Waals surface area contributed by atoms with Crippen LogP contribution in [0.15, 0.2) is 58.9 Å². The zero-order valence-electron chi connectivity index (χ0n) is 18.1. The van der Waals surface area contributed by atoms with Gasteiger partial charge in [0.05, 0.1) is 11.8 Å². The monoisotopic (exact) mass is 516 g/mol. The molecule has 1 aromatic heterocycles. The second-order valence-electron chi connectivity index (χ2n) is 7.21. The molecule has 0 bridgehead atoms. The zero-order valence-corrected chi connectivity index (χ0v) is 20.3. The zero-order chi connectivity index (χ0) is 20.4. The van der Waals surface area contributed by atoms with Gasteiger partial charge in [-0.1, -0.05) is 26.0 Å². The average molecular weight is 516 g/mol. The lowest BCUT2D eigenvalue weighted by Crippen LogP contribution is -3.00. The van der Waals surface area contributed by atoms with E-state index in [2.05, 4.69) is 73.6 Å². The van der Waals surface area contributed by atoms with E-state index in [4.69, 9.17) is 9.15 Å². The molecule has 0 atom stereocenters. The molecule has 0 aliphatic carbocycles. The summed E-state index contributed by atoms with van der Waals surface area (Å²) >= 11 is 0. The van der Waals surface area contributed by atoms with Gasteiger partial charge in [0.2, 0.25) is 11.5 Å². The highest BCUT2D eigenvalue weighted by Crippen LogP contribution is 2.39. The lowest BCUT2D eigenvalue weighted by atomic mass is 10.1. The van der Waals surface area contributed by atoms with Crippen LogP contribution in [-0.4, -0.2) is 6.54 Å². The molecule has 0 spiro atoms. The van der Waals surface area contributed by atoms with E-state index in [9.17, 15) is 0 Å². The first-order valence-electron chi connectivity index (χ1n) is 10.6. The van der Waals surface area contributed by atoms with Crippen molar-refractivity contribution in [2.75, 3.05) is 11.4 Å². The van der Waals surface area contributed by atoms with Crippen molar-refractivity contribution in [1.82, 2.24) is 0 Å². The summed E-state index contributed by atoms with van der Waals surface area (Å²) in [5, 5.41) is 0. The number of ether oxygens (including phenoxy) is 1.